The minimum absolute atomic E-state index is 0.569. The normalized spacial score (nSPS) is 21.3. The molecular formula is C18H19N3OS. The van der Waals surface area contributed by atoms with Crippen molar-refractivity contribution in [1.82, 2.24) is 9.97 Å². The molecule has 0 unspecified atom stereocenters. The van der Waals surface area contributed by atoms with Crippen molar-refractivity contribution in [3.8, 4) is 0 Å². The number of aliphatic hydroxyl groups is 1. The van der Waals surface area contributed by atoms with Crippen molar-refractivity contribution in [3.05, 3.63) is 52.7 Å². The Morgan fingerprint density at radius 1 is 1.17 bits per heavy atom. The van der Waals surface area contributed by atoms with Crippen LogP contribution < -0.4 is 4.90 Å². The van der Waals surface area contributed by atoms with Crippen LogP contribution in [0.1, 0.15) is 23.4 Å². The van der Waals surface area contributed by atoms with Gasteiger partial charge in [-0.2, -0.15) is 0 Å². The highest BCUT2D eigenvalue weighted by Crippen LogP contribution is 2.38. The number of hydrogen-bond acceptors (Lipinski definition) is 5. The van der Waals surface area contributed by atoms with E-state index in [4.69, 9.17) is 0 Å². The molecular weight excluding hydrogens is 306 g/mol. The number of thiophene rings is 1. The van der Waals surface area contributed by atoms with Crippen LogP contribution in [-0.4, -0.2) is 28.2 Å². The number of β-amino-alcohol motifs (C(OH)–C–C–N with tert-alkyl or cyclic N) is 1. The van der Waals surface area contributed by atoms with Crippen molar-refractivity contribution in [2.75, 3.05) is 18.0 Å². The third-order valence-corrected chi connectivity index (χ3v) is 5.42. The molecule has 4 nitrogen and oxygen atoms in total. The van der Waals surface area contributed by atoms with Gasteiger partial charge < -0.3 is 10.0 Å². The Bertz CT molecular complexity index is 876. The zero-order chi connectivity index (χ0) is 16.0. The SMILES string of the molecule is Cc1nc(N2CC[C@](O)(c3ccccc3C)C2)c2ccsc2n1. The average Bonchev–Trinajstić information content (AvgIpc) is 3.14. The van der Waals surface area contributed by atoms with Gasteiger partial charge >= 0.3 is 0 Å². The highest BCUT2D eigenvalue weighted by Gasteiger charge is 2.39. The standard InChI is InChI=1S/C18H19N3OS/c1-12-5-3-4-6-15(12)18(22)8-9-21(11-18)16-14-7-10-23-17(14)20-13(2)19-16/h3-7,10,22H,8-9,11H2,1-2H3/t18-/m1/s1. The highest BCUT2D eigenvalue weighted by molar-refractivity contribution is 7.16. The van der Waals surface area contributed by atoms with Crippen LogP contribution in [0.4, 0.5) is 5.82 Å². The molecule has 118 valence electrons. The molecule has 1 N–H and O–H groups in total. The van der Waals surface area contributed by atoms with Crippen LogP contribution in [-0.2, 0) is 5.60 Å². The largest absolute Gasteiger partial charge is 0.383 e. The Hall–Kier alpha value is -1.98. The molecule has 1 fully saturated rings. The molecule has 5 heteroatoms. The van der Waals surface area contributed by atoms with E-state index < -0.39 is 5.60 Å². The van der Waals surface area contributed by atoms with Gasteiger partial charge in [-0.25, -0.2) is 9.97 Å². The second-order valence-electron chi connectivity index (χ2n) is 6.25. The van der Waals surface area contributed by atoms with Crippen LogP contribution in [0.2, 0.25) is 0 Å². The summed E-state index contributed by atoms with van der Waals surface area (Å²) in [7, 11) is 0. The van der Waals surface area contributed by atoms with Gasteiger partial charge in [0, 0.05) is 6.54 Å². The maximum absolute atomic E-state index is 11.2. The molecule has 0 bridgehead atoms. The van der Waals surface area contributed by atoms with Crippen molar-refractivity contribution in [2.24, 2.45) is 0 Å². The molecule has 0 aliphatic carbocycles. The topological polar surface area (TPSA) is 49.2 Å². The molecule has 3 aromatic rings. The van der Waals surface area contributed by atoms with Crippen molar-refractivity contribution in [2.45, 2.75) is 25.9 Å². The van der Waals surface area contributed by atoms with E-state index in [9.17, 15) is 5.11 Å². The molecule has 0 saturated carbocycles. The van der Waals surface area contributed by atoms with E-state index in [-0.39, 0.29) is 0 Å². The van der Waals surface area contributed by atoms with E-state index >= 15 is 0 Å². The molecule has 1 aromatic carbocycles. The van der Waals surface area contributed by atoms with Gasteiger partial charge in [-0.15, -0.1) is 11.3 Å². The summed E-state index contributed by atoms with van der Waals surface area (Å²) in [4.78, 5) is 12.3. The predicted molar refractivity (Wildman–Crippen MR) is 94.1 cm³/mol. The predicted octanol–water partition coefficient (Wildman–Crippen LogP) is 3.41. The molecule has 0 amide bonds. The summed E-state index contributed by atoms with van der Waals surface area (Å²) in [6, 6.07) is 10.2. The van der Waals surface area contributed by atoms with Crippen molar-refractivity contribution < 1.29 is 5.11 Å². The lowest BCUT2D eigenvalue weighted by Gasteiger charge is -2.26. The van der Waals surface area contributed by atoms with Crippen LogP contribution in [0.15, 0.2) is 35.7 Å². The number of anilines is 1. The zero-order valence-electron chi connectivity index (χ0n) is 13.3. The number of fused-ring (bicyclic) bond motifs is 1. The summed E-state index contributed by atoms with van der Waals surface area (Å²) in [5.41, 5.74) is 1.35. The maximum atomic E-state index is 11.2. The minimum Gasteiger partial charge on any atom is -0.383 e. The fourth-order valence-corrected chi connectivity index (χ4v) is 4.28. The molecule has 1 aliphatic rings. The molecule has 23 heavy (non-hydrogen) atoms. The summed E-state index contributed by atoms with van der Waals surface area (Å²) in [6.07, 6.45) is 0.715. The van der Waals surface area contributed by atoms with E-state index in [2.05, 4.69) is 33.9 Å². The quantitative estimate of drug-likeness (QED) is 0.784. The number of hydrogen-bond donors (Lipinski definition) is 1. The fourth-order valence-electron chi connectivity index (χ4n) is 3.47. The number of aromatic nitrogens is 2. The molecule has 0 spiro atoms. The first-order chi connectivity index (χ1) is 11.1. The number of benzene rings is 1. The Morgan fingerprint density at radius 3 is 2.83 bits per heavy atom. The average molecular weight is 325 g/mol. The number of rotatable bonds is 2. The number of nitrogens with zero attached hydrogens (tertiary/aromatic N) is 3. The lowest BCUT2D eigenvalue weighted by atomic mass is 9.89. The van der Waals surface area contributed by atoms with Crippen LogP contribution in [0.3, 0.4) is 0 Å². The summed E-state index contributed by atoms with van der Waals surface area (Å²) < 4.78 is 0. The van der Waals surface area contributed by atoms with Crippen molar-refractivity contribution in [3.63, 3.8) is 0 Å². The molecule has 1 aliphatic heterocycles. The first-order valence-corrected chi connectivity index (χ1v) is 8.70. The third kappa shape index (κ3) is 2.40. The molecule has 1 saturated heterocycles. The Labute approximate surface area is 139 Å². The van der Waals surface area contributed by atoms with Gasteiger partial charge in [-0.3, -0.25) is 0 Å². The monoisotopic (exact) mass is 325 g/mol. The Morgan fingerprint density at radius 2 is 2.00 bits per heavy atom. The molecule has 0 radical (unpaired) electrons. The lowest BCUT2D eigenvalue weighted by Crippen LogP contribution is -2.32. The van der Waals surface area contributed by atoms with Gasteiger partial charge in [0.15, 0.2) is 0 Å². The van der Waals surface area contributed by atoms with E-state index in [1.165, 1.54) is 0 Å². The summed E-state index contributed by atoms with van der Waals surface area (Å²) in [5.74, 6) is 1.72. The minimum atomic E-state index is -0.813. The maximum Gasteiger partial charge on any atom is 0.141 e. The molecule has 2 aromatic heterocycles. The Kier molecular flexibility index (Phi) is 3.36. The highest BCUT2D eigenvalue weighted by atomic mass is 32.1. The van der Waals surface area contributed by atoms with Crippen molar-refractivity contribution in [1.29, 1.82) is 0 Å². The van der Waals surface area contributed by atoms with E-state index in [0.717, 1.165) is 39.5 Å². The summed E-state index contributed by atoms with van der Waals surface area (Å²) in [5, 5.41) is 14.3. The van der Waals surface area contributed by atoms with Gasteiger partial charge in [0.25, 0.3) is 0 Å². The van der Waals surface area contributed by atoms with Crippen molar-refractivity contribution >= 4 is 27.4 Å². The zero-order valence-corrected chi connectivity index (χ0v) is 14.1. The first kappa shape index (κ1) is 14.6. The fraction of sp³-hybridized carbons (Fsp3) is 0.333. The second kappa shape index (κ2) is 5.28. The second-order valence-corrected chi connectivity index (χ2v) is 7.15. The van der Waals surface area contributed by atoms with Gasteiger partial charge in [-0.05, 0) is 42.8 Å². The van der Waals surface area contributed by atoms with Gasteiger partial charge in [0.1, 0.15) is 22.1 Å². The van der Waals surface area contributed by atoms with E-state index in [1.807, 2.05) is 30.5 Å². The van der Waals surface area contributed by atoms with Crippen LogP contribution in [0.5, 0.6) is 0 Å². The molecule has 3 heterocycles. The summed E-state index contributed by atoms with van der Waals surface area (Å²) in [6.45, 7) is 5.35. The first-order valence-electron chi connectivity index (χ1n) is 7.82. The van der Waals surface area contributed by atoms with Gasteiger partial charge in [0.05, 0.1) is 11.9 Å². The molecule has 1 atom stereocenters. The Balaban J connectivity index is 1.73. The van der Waals surface area contributed by atoms with E-state index in [1.54, 1.807) is 11.3 Å². The van der Waals surface area contributed by atoms with Crippen LogP contribution in [0.25, 0.3) is 10.2 Å². The van der Waals surface area contributed by atoms with Crippen LogP contribution in [0, 0.1) is 13.8 Å². The summed E-state index contributed by atoms with van der Waals surface area (Å²) >= 11 is 1.63. The lowest BCUT2D eigenvalue weighted by molar-refractivity contribution is 0.0600. The van der Waals surface area contributed by atoms with E-state index in [0.29, 0.717) is 13.0 Å². The van der Waals surface area contributed by atoms with Gasteiger partial charge in [-0.1, -0.05) is 24.3 Å². The van der Waals surface area contributed by atoms with Gasteiger partial charge in [0.2, 0.25) is 0 Å². The number of aryl methyl sites for hydroxylation is 2. The third-order valence-electron chi connectivity index (χ3n) is 4.61. The molecule has 4 rings (SSSR count). The van der Waals surface area contributed by atoms with Crippen LogP contribution >= 0.6 is 11.3 Å². The smallest absolute Gasteiger partial charge is 0.141 e.